The van der Waals surface area contributed by atoms with Gasteiger partial charge in [0.05, 0.1) is 11.7 Å². The van der Waals surface area contributed by atoms with E-state index in [2.05, 4.69) is 5.32 Å². The van der Waals surface area contributed by atoms with Crippen LogP contribution in [0.3, 0.4) is 0 Å². The lowest BCUT2D eigenvalue weighted by molar-refractivity contribution is -0.153. The molecule has 21 heavy (non-hydrogen) atoms. The molecular weight excluding hydrogens is 285 g/mol. The Morgan fingerprint density at radius 3 is 2.67 bits per heavy atom. The molecule has 0 saturated heterocycles. The molecule has 0 aliphatic carbocycles. The van der Waals surface area contributed by atoms with Crippen LogP contribution in [0.1, 0.15) is 25.3 Å². The van der Waals surface area contributed by atoms with Gasteiger partial charge in [0.25, 0.3) is 0 Å². The summed E-state index contributed by atoms with van der Waals surface area (Å²) >= 11 is 0. The van der Waals surface area contributed by atoms with Crippen LogP contribution in [0.25, 0.3) is 0 Å². The van der Waals surface area contributed by atoms with E-state index >= 15 is 0 Å². The SMILES string of the molecule is CCCC(N)C(=O)Nc1ccc(C)cc1OCC(F)(F)F. The summed E-state index contributed by atoms with van der Waals surface area (Å²) in [5.41, 5.74) is 6.57. The van der Waals surface area contributed by atoms with E-state index in [9.17, 15) is 18.0 Å². The van der Waals surface area contributed by atoms with Crippen molar-refractivity contribution in [2.24, 2.45) is 5.73 Å². The third-order valence-electron chi connectivity index (χ3n) is 2.72. The van der Waals surface area contributed by atoms with Crippen molar-refractivity contribution in [3.63, 3.8) is 0 Å². The number of anilines is 1. The molecular formula is C14H19F3N2O2. The van der Waals surface area contributed by atoms with Gasteiger partial charge in [0, 0.05) is 0 Å². The quantitative estimate of drug-likeness (QED) is 0.849. The van der Waals surface area contributed by atoms with E-state index in [-0.39, 0.29) is 11.4 Å². The van der Waals surface area contributed by atoms with Gasteiger partial charge in [0.1, 0.15) is 5.75 Å². The Morgan fingerprint density at radius 2 is 2.10 bits per heavy atom. The van der Waals surface area contributed by atoms with Crippen molar-refractivity contribution in [3.05, 3.63) is 23.8 Å². The van der Waals surface area contributed by atoms with Crippen LogP contribution in [0.15, 0.2) is 18.2 Å². The fraction of sp³-hybridized carbons (Fsp3) is 0.500. The topological polar surface area (TPSA) is 64.4 Å². The van der Waals surface area contributed by atoms with Crippen LogP contribution in [-0.4, -0.2) is 24.7 Å². The van der Waals surface area contributed by atoms with Crippen molar-refractivity contribution < 1.29 is 22.7 Å². The Bertz CT molecular complexity index is 490. The number of amides is 1. The fourth-order valence-corrected chi connectivity index (χ4v) is 1.68. The molecule has 7 heteroatoms. The minimum atomic E-state index is -4.44. The Morgan fingerprint density at radius 1 is 1.43 bits per heavy atom. The molecule has 4 nitrogen and oxygen atoms in total. The molecule has 0 heterocycles. The number of aryl methyl sites for hydroxylation is 1. The van der Waals surface area contributed by atoms with Gasteiger partial charge in [-0.15, -0.1) is 0 Å². The predicted molar refractivity (Wildman–Crippen MR) is 74.2 cm³/mol. The maximum Gasteiger partial charge on any atom is 0.422 e. The second kappa shape index (κ2) is 7.31. The lowest BCUT2D eigenvalue weighted by Crippen LogP contribution is -2.35. The third-order valence-corrected chi connectivity index (χ3v) is 2.72. The number of benzene rings is 1. The molecule has 0 spiro atoms. The maximum absolute atomic E-state index is 12.2. The summed E-state index contributed by atoms with van der Waals surface area (Å²) in [7, 11) is 0. The van der Waals surface area contributed by atoms with Gasteiger partial charge in [0.15, 0.2) is 6.61 Å². The third kappa shape index (κ3) is 6.03. The zero-order chi connectivity index (χ0) is 16.0. The Labute approximate surface area is 121 Å². The van der Waals surface area contributed by atoms with Crippen molar-refractivity contribution in [1.29, 1.82) is 0 Å². The first-order chi connectivity index (χ1) is 9.73. The molecule has 118 valence electrons. The molecule has 0 fully saturated rings. The van der Waals surface area contributed by atoms with E-state index in [1.54, 1.807) is 13.0 Å². The van der Waals surface area contributed by atoms with Gasteiger partial charge in [-0.2, -0.15) is 13.2 Å². The number of carbonyl (C=O) groups excluding carboxylic acids is 1. The molecule has 0 aliphatic rings. The van der Waals surface area contributed by atoms with Crippen molar-refractivity contribution in [2.75, 3.05) is 11.9 Å². The predicted octanol–water partition coefficient (Wildman–Crippen LogP) is 3.00. The highest BCUT2D eigenvalue weighted by atomic mass is 19.4. The number of ether oxygens (including phenoxy) is 1. The van der Waals surface area contributed by atoms with Gasteiger partial charge in [0.2, 0.25) is 5.91 Å². The van der Waals surface area contributed by atoms with Crippen molar-refractivity contribution >= 4 is 11.6 Å². The van der Waals surface area contributed by atoms with Crippen molar-refractivity contribution in [1.82, 2.24) is 0 Å². The average Bonchev–Trinajstić information content (AvgIpc) is 2.38. The first kappa shape index (κ1) is 17.3. The Balaban J connectivity index is 2.84. The van der Waals surface area contributed by atoms with Crippen molar-refractivity contribution in [2.45, 2.75) is 38.9 Å². The smallest absolute Gasteiger partial charge is 0.422 e. The van der Waals surface area contributed by atoms with Crippen LogP contribution in [0, 0.1) is 6.92 Å². The largest absolute Gasteiger partial charge is 0.482 e. The van der Waals surface area contributed by atoms with Crippen LogP contribution in [0.5, 0.6) is 5.75 Å². The molecule has 0 saturated carbocycles. The number of nitrogens with two attached hydrogens (primary N) is 1. The highest BCUT2D eigenvalue weighted by Gasteiger charge is 2.29. The van der Waals surface area contributed by atoms with E-state index in [4.69, 9.17) is 10.5 Å². The highest BCUT2D eigenvalue weighted by Crippen LogP contribution is 2.28. The van der Waals surface area contributed by atoms with E-state index < -0.39 is 24.7 Å². The molecule has 1 atom stereocenters. The zero-order valence-electron chi connectivity index (χ0n) is 12.0. The number of hydrogen-bond donors (Lipinski definition) is 2. The summed E-state index contributed by atoms with van der Waals surface area (Å²) < 4.78 is 41.4. The lowest BCUT2D eigenvalue weighted by Gasteiger charge is -2.16. The van der Waals surface area contributed by atoms with E-state index in [0.29, 0.717) is 6.42 Å². The molecule has 0 radical (unpaired) electrons. The van der Waals surface area contributed by atoms with Crippen LogP contribution in [-0.2, 0) is 4.79 Å². The monoisotopic (exact) mass is 304 g/mol. The molecule has 1 rings (SSSR count). The van der Waals surface area contributed by atoms with Crippen LogP contribution >= 0.6 is 0 Å². The standard InChI is InChI=1S/C14H19F3N2O2/c1-3-4-10(18)13(20)19-11-6-5-9(2)7-12(11)21-8-14(15,16)17/h5-7,10H,3-4,8,18H2,1-2H3,(H,19,20). The summed E-state index contributed by atoms with van der Waals surface area (Å²) in [6.45, 7) is 2.19. The molecule has 1 unspecified atom stereocenters. The van der Waals surface area contributed by atoms with Crippen LogP contribution in [0.4, 0.5) is 18.9 Å². The van der Waals surface area contributed by atoms with Gasteiger partial charge in [-0.05, 0) is 31.0 Å². The van der Waals surface area contributed by atoms with Gasteiger partial charge in [-0.1, -0.05) is 19.4 Å². The summed E-state index contributed by atoms with van der Waals surface area (Å²) in [4.78, 5) is 11.8. The van der Waals surface area contributed by atoms with Crippen LogP contribution in [0.2, 0.25) is 0 Å². The number of hydrogen-bond acceptors (Lipinski definition) is 3. The van der Waals surface area contributed by atoms with E-state index in [1.807, 2.05) is 6.92 Å². The minimum Gasteiger partial charge on any atom is -0.482 e. The molecule has 1 amide bonds. The normalized spacial score (nSPS) is 12.9. The van der Waals surface area contributed by atoms with E-state index in [0.717, 1.165) is 12.0 Å². The van der Waals surface area contributed by atoms with Gasteiger partial charge in [-0.25, -0.2) is 0 Å². The minimum absolute atomic E-state index is 0.0237. The number of nitrogens with one attached hydrogen (secondary N) is 1. The molecule has 0 aromatic heterocycles. The molecule has 0 aliphatic heterocycles. The molecule has 1 aromatic rings. The highest BCUT2D eigenvalue weighted by molar-refractivity contribution is 5.95. The Kier molecular flexibility index (Phi) is 6.02. The zero-order valence-corrected chi connectivity index (χ0v) is 12.0. The number of carbonyl (C=O) groups is 1. The maximum atomic E-state index is 12.2. The molecule has 0 bridgehead atoms. The lowest BCUT2D eigenvalue weighted by atomic mass is 10.1. The Hall–Kier alpha value is -1.76. The van der Waals surface area contributed by atoms with Gasteiger partial charge >= 0.3 is 6.18 Å². The first-order valence-corrected chi connectivity index (χ1v) is 6.59. The number of halogens is 3. The second-order valence-corrected chi connectivity index (χ2v) is 4.79. The van der Waals surface area contributed by atoms with Crippen molar-refractivity contribution in [3.8, 4) is 5.75 Å². The number of alkyl halides is 3. The van der Waals surface area contributed by atoms with Crippen LogP contribution < -0.4 is 15.8 Å². The second-order valence-electron chi connectivity index (χ2n) is 4.79. The molecule has 3 N–H and O–H groups in total. The average molecular weight is 304 g/mol. The number of rotatable bonds is 6. The molecule has 1 aromatic carbocycles. The summed E-state index contributed by atoms with van der Waals surface area (Å²) in [6, 6.07) is 3.90. The summed E-state index contributed by atoms with van der Waals surface area (Å²) in [5.74, 6) is -0.470. The summed E-state index contributed by atoms with van der Waals surface area (Å²) in [5, 5.41) is 2.50. The van der Waals surface area contributed by atoms with E-state index in [1.165, 1.54) is 12.1 Å². The fourth-order valence-electron chi connectivity index (χ4n) is 1.68. The van der Waals surface area contributed by atoms with Gasteiger partial charge < -0.3 is 15.8 Å². The first-order valence-electron chi connectivity index (χ1n) is 6.59. The summed E-state index contributed by atoms with van der Waals surface area (Å²) in [6.07, 6.45) is -3.21. The van der Waals surface area contributed by atoms with Gasteiger partial charge in [-0.3, -0.25) is 4.79 Å².